The number of aromatic amines is 1. The van der Waals surface area contributed by atoms with E-state index in [0.29, 0.717) is 17.8 Å². The van der Waals surface area contributed by atoms with Crippen molar-refractivity contribution in [1.82, 2.24) is 14.9 Å². The Balaban J connectivity index is 1.83. The summed E-state index contributed by atoms with van der Waals surface area (Å²) in [7, 11) is 4.02. The van der Waals surface area contributed by atoms with Crippen molar-refractivity contribution in [2.75, 3.05) is 27.2 Å². The van der Waals surface area contributed by atoms with E-state index in [0.717, 1.165) is 51.2 Å². The average molecular weight is 526 g/mol. The van der Waals surface area contributed by atoms with Crippen LogP contribution in [-0.2, 0) is 16.0 Å². The summed E-state index contributed by atoms with van der Waals surface area (Å²) in [5.74, 6) is 0.323. The molecule has 39 heavy (non-hydrogen) atoms. The summed E-state index contributed by atoms with van der Waals surface area (Å²) in [6.07, 6.45) is 2.91. The monoisotopic (exact) mass is 525 g/mol. The van der Waals surface area contributed by atoms with Crippen LogP contribution in [0.25, 0.3) is 33.4 Å². The molecule has 7 heteroatoms. The molecule has 0 saturated carbocycles. The maximum atomic E-state index is 12.7. The van der Waals surface area contributed by atoms with Gasteiger partial charge in [0.25, 0.3) is 0 Å². The van der Waals surface area contributed by atoms with E-state index in [1.54, 1.807) is 0 Å². The number of likely N-dealkylation sites (N-methyl/N-ethyl adjacent to an activating group) is 1. The molecule has 0 aliphatic carbocycles. The molecule has 0 radical (unpaired) electrons. The van der Waals surface area contributed by atoms with Crippen LogP contribution in [0.1, 0.15) is 35.3 Å². The van der Waals surface area contributed by atoms with Crippen molar-refractivity contribution in [3.8, 4) is 28.1 Å². The molecule has 2 aromatic heterocycles. The van der Waals surface area contributed by atoms with Crippen LogP contribution in [0.5, 0.6) is 5.75 Å². The largest absolute Gasteiger partial charge is 0.492 e. The Labute approximate surface area is 229 Å². The summed E-state index contributed by atoms with van der Waals surface area (Å²) in [5, 5.41) is 0.791. The normalized spacial score (nSPS) is 11.3. The number of hydrogen-bond donors (Lipinski definition) is 1. The van der Waals surface area contributed by atoms with Gasteiger partial charge in [-0.3, -0.25) is 4.79 Å². The molecule has 0 spiro atoms. The highest BCUT2D eigenvalue weighted by Crippen LogP contribution is 2.39. The SMILES string of the molecule is C=CC(=O)Cc1cc(-c2c(-c3ccc(OCCN(C)C)cc3)[nH]c3ncc(C(=O)OC(C)C)cc23)ccc1C. The third-order valence-corrected chi connectivity index (χ3v) is 6.41. The lowest BCUT2D eigenvalue weighted by Crippen LogP contribution is -2.19. The van der Waals surface area contributed by atoms with E-state index in [1.165, 1.54) is 12.3 Å². The van der Waals surface area contributed by atoms with Crippen molar-refractivity contribution in [1.29, 1.82) is 0 Å². The predicted molar refractivity (Wildman–Crippen MR) is 155 cm³/mol. The fourth-order valence-corrected chi connectivity index (χ4v) is 4.32. The summed E-state index contributed by atoms with van der Waals surface area (Å²) in [5.41, 5.74) is 6.58. The molecule has 0 unspecified atom stereocenters. The number of fused-ring (bicyclic) bond motifs is 1. The summed E-state index contributed by atoms with van der Waals surface area (Å²) in [6.45, 7) is 10.7. The second-order valence-electron chi connectivity index (χ2n) is 10.1. The minimum absolute atomic E-state index is 0.0420. The van der Waals surface area contributed by atoms with Gasteiger partial charge in [-0.2, -0.15) is 0 Å². The topological polar surface area (TPSA) is 84.5 Å². The molecule has 7 nitrogen and oxygen atoms in total. The van der Waals surface area contributed by atoms with Crippen LogP contribution in [0.4, 0.5) is 0 Å². The fourth-order valence-electron chi connectivity index (χ4n) is 4.32. The Bertz CT molecular complexity index is 1500. The van der Waals surface area contributed by atoms with Gasteiger partial charge in [-0.15, -0.1) is 0 Å². The molecule has 4 aromatic rings. The van der Waals surface area contributed by atoms with Gasteiger partial charge in [0.1, 0.15) is 18.0 Å². The molecule has 202 valence electrons. The predicted octanol–water partition coefficient (Wildman–Crippen LogP) is 6.01. The van der Waals surface area contributed by atoms with Crippen LogP contribution in [-0.4, -0.2) is 60.0 Å². The number of allylic oxidation sites excluding steroid dienone is 1. The molecule has 2 aromatic carbocycles. The first kappa shape index (κ1) is 27.8. The van der Waals surface area contributed by atoms with Gasteiger partial charge >= 0.3 is 5.97 Å². The Hall–Kier alpha value is -4.23. The molecule has 0 saturated heterocycles. The number of nitrogens with one attached hydrogen (secondary N) is 1. The molecule has 0 aliphatic rings. The van der Waals surface area contributed by atoms with Gasteiger partial charge in [0.2, 0.25) is 0 Å². The minimum Gasteiger partial charge on any atom is -0.492 e. The van der Waals surface area contributed by atoms with E-state index >= 15 is 0 Å². The number of rotatable bonds is 11. The number of aromatic nitrogens is 2. The van der Waals surface area contributed by atoms with E-state index in [2.05, 4.69) is 21.4 Å². The quantitative estimate of drug-likeness (QED) is 0.191. The molecular formula is C32H35N3O4. The second kappa shape index (κ2) is 12.1. The number of aryl methyl sites for hydroxylation is 1. The molecular weight excluding hydrogens is 490 g/mol. The van der Waals surface area contributed by atoms with E-state index in [-0.39, 0.29) is 18.3 Å². The number of carbonyl (C=O) groups excluding carboxylic acids is 2. The van der Waals surface area contributed by atoms with Crippen molar-refractivity contribution in [3.05, 3.63) is 84.1 Å². The van der Waals surface area contributed by atoms with E-state index in [9.17, 15) is 9.59 Å². The molecule has 0 amide bonds. The molecule has 1 N–H and O–H groups in total. The van der Waals surface area contributed by atoms with Crippen molar-refractivity contribution in [3.63, 3.8) is 0 Å². The number of H-pyrrole nitrogens is 1. The maximum Gasteiger partial charge on any atom is 0.339 e. The number of nitrogens with zero attached hydrogens (tertiary/aromatic N) is 2. The van der Waals surface area contributed by atoms with Crippen molar-refractivity contribution in [2.45, 2.75) is 33.3 Å². The average Bonchev–Trinajstić information content (AvgIpc) is 3.28. The highest BCUT2D eigenvalue weighted by atomic mass is 16.5. The molecule has 0 fully saturated rings. The Morgan fingerprint density at radius 1 is 1.08 bits per heavy atom. The number of ether oxygens (including phenoxy) is 2. The van der Waals surface area contributed by atoms with Crippen molar-refractivity contribution in [2.24, 2.45) is 0 Å². The molecule has 0 aliphatic heterocycles. The van der Waals surface area contributed by atoms with Gasteiger partial charge in [-0.25, -0.2) is 9.78 Å². The number of ketones is 1. The zero-order chi connectivity index (χ0) is 28.1. The van der Waals surface area contributed by atoms with Gasteiger partial charge in [0.05, 0.1) is 17.4 Å². The molecule has 2 heterocycles. The Morgan fingerprint density at radius 2 is 1.79 bits per heavy atom. The van der Waals surface area contributed by atoms with Crippen LogP contribution in [0, 0.1) is 6.92 Å². The summed E-state index contributed by atoms with van der Waals surface area (Å²) < 4.78 is 11.3. The summed E-state index contributed by atoms with van der Waals surface area (Å²) >= 11 is 0. The third kappa shape index (κ3) is 6.62. The highest BCUT2D eigenvalue weighted by Gasteiger charge is 2.20. The lowest BCUT2D eigenvalue weighted by Gasteiger charge is -2.12. The van der Waals surface area contributed by atoms with Crippen LogP contribution < -0.4 is 4.74 Å². The van der Waals surface area contributed by atoms with Gasteiger partial charge < -0.3 is 19.4 Å². The number of esters is 1. The number of pyridine rings is 1. The van der Waals surface area contributed by atoms with Crippen LogP contribution >= 0.6 is 0 Å². The Kier molecular flexibility index (Phi) is 8.62. The van der Waals surface area contributed by atoms with E-state index in [1.807, 2.05) is 83.4 Å². The standard InChI is InChI=1S/C32H35N3O4/c1-7-26(36)17-24-16-23(9-8-21(24)4)29-28-18-25(32(37)39-20(2)3)19-33-31(28)34-30(29)22-10-12-27(13-11-22)38-15-14-35(5)6/h7-13,16,18-20H,1,14-15,17H2,2-6H3,(H,33,34). The highest BCUT2D eigenvalue weighted by molar-refractivity contribution is 6.05. The second-order valence-corrected chi connectivity index (χ2v) is 10.1. The first-order valence-electron chi connectivity index (χ1n) is 13.0. The van der Waals surface area contributed by atoms with Crippen LogP contribution in [0.2, 0.25) is 0 Å². The summed E-state index contributed by atoms with van der Waals surface area (Å²) in [4.78, 5) is 35.0. The first-order valence-corrected chi connectivity index (χ1v) is 13.0. The van der Waals surface area contributed by atoms with Gasteiger partial charge in [0, 0.05) is 30.1 Å². The number of hydrogen-bond acceptors (Lipinski definition) is 6. The lowest BCUT2D eigenvalue weighted by atomic mass is 9.93. The maximum absolute atomic E-state index is 12.7. The van der Waals surface area contributed by atoms with Gasteiger partial charge in [0.15, 0.2) is 5.78 Å². The number of benzene rings is 2. The van der Waals surface area contributed by atoms with Crippen molar-refractivity contribution >= 4 is 22.8 Å². The zero-order valence-electron chi connectivity index (χ0n) is 23.2. The van der Waals surface area contributed by atoms with Crippen LogP contribution in [0.15, 0.2) is 67.4 Å². The van der Waals surface area contributed by atoms with Crippen LogP contribution in [0.3, 0.4) is 0 Å². The molecule has 0 atom stereocenters. The number of carbonyl (C=O) groups is 2. The fraction of sp³-hybridized carbons (Fsp3) is 0.281. The summed E-state index contributed by atoms with van der Waals surface area (Å²) in [6, 6.07) is 15.8. The molecule has 4 rings (SSSR count). The molecule has 0 bridgehead atoms. The van der Waals surface area contributed by atoms with Gasteiger partial charge in [-0.1, -0.05) is 24.8 Å². The third-order valence-electron chi connectivity index (χ3n) is 6.41. The Morgan fingerprint density at radius 3 is 2.46 bits per heavy atom. The zero-order valence-corrected chi connectivity index (χ0v) is 23.2. The first-order chi connectivity index (χ1) is 18.7. The van der Waals surface area contributed by atoms with E-state index in [4.69, 9.17) is 9.47 Å². The lowest BCUT2D eigenvalue weighted by molar-refractivity contribution is -0.114. The van der Waals surface area contributed by atoms with Crippen molar-refractivity contribution < 1.29 is 19.1 Å². The van der Waals surface area contributed by atoms with E-state index < -0.39 is 5.97 Å². The smallest absolute Gasteiger partial charge is 0.339 e. The van der Waals surface area contributed by atoms with Gasteiger partial charge in [-0.05, 0) is 93.5 Å². The minimum atomic E-state index is -0.423.